The van der Waals surface area contributed by atoms with E-state index in [-0.39, 0.29) is 43.8 Å². The quantitative estimate of drug-likeness (QED) is 0.210. The van der Waals surface area contributed by atoms with Gasteiger partial charge in [0.1, 0.15) is 29.7 Å². The first kappa shape index (κ1) is 47.5. The lowest BCUT2D eigenvalue weighted by atomic mass is 9.75. The molecule has 2 bridgehead atoms. The molecular weight excluding hydrogens is 762 g/mol. The number of methoxy groups -OCH3 is 1. The maximum Gasteiger partial charge on any atom is 0.311 e. The third-order valence-electron chi connectivity index (χ3n) is 13.7. The Morgan fingerprint density at radius 1 is 0.949 bits per heavy atom. The number of hydrogen-bond acceptors (Lipinski definition) is 14. The first-order chi connectivity index (χ1) is 27.6. The van der Waals surface area contributed by atoms with Crippen LogP contribution in [0, 0.1) is 36.0 Å². The second-order valence-corrected chi connectivity index (χ2v) is 18.3. The van der Waals surface area contributed by atoms with Crippen molar-refractivity contribution in [1.82, 2.24) is 4.90 Å². The Hall–Kier alpha value is -2.52. The van der Waals surface area contributed by atoms with Gasteiger partial charge in [-0.3, -0.25) is 14.5 Å². The van der Waals surface area contributed by atoms with Gasteiger partial charge in [0.15, 0.2) is 12.6 Å². The number of carbonyl (C=O) groups is 2. The van der Waals surface area contributed by atoms with Gasteiger partial charge < -0.3 is 53.6 Å². The van der Waals surface area contributed by atoms with E-state index in [1.807, 2.05) is 52.1 Å². The van der Waals surface area contributed by atoms with Crippen LogP contribution in [-0.4, -0.2) is 142 Å². The molecule has 1 aromatic carbocycles. The number of aliphatic hydroxyl groups excluding tert-OH is 3. The molecule has 0 spiro atoms. The van der Waals surface area contributed by atoms with Crippen molar-refractivity contribution in [1.29, 1.82) is 0 Å². The first-order valence-corrected chi connectivity index (χ1v) is 21.2. The molecule has 4 saturated heterocycles. The van der Waals surface area contributed by atoms with Crippen LogP contribution in [0.1, 0.15) is 99.1 Å². The number of carbonyl (C=O) groups excluding carboxylic acids is 2. The molecule has 0 saturated carbocycles. The Kier molecular flexibility index (Phi) is 15.2. The first-order valence-electron chi connectivity index (χ1n) is 21.2. The Morgan fingerprint density at radius 3 is 2.22 bits per heavy atom. The molecule has 0 aromatic heterocycles. The minimum absolute atomic E-state index is 0.0104. The molecule has 18 unspecified atom stereocenters. The van der Waals surface area contributed by atoms with Gasteiger partial charge in [0.25, 0.3) is 0 Å². The number of aliphatic hydroxyl groups is 4. The molecule has 332 valence electrons. The molecule has 5 rings (SSSR count). The zero-order valence-electron chi connectivity index (χ0n) is 36.7. The molecule has 4 aliphatic heterocycles. The summed E-state index contributed by atoms with van der Waals surface area (Å²) in [4.78, 5) is 30.5. The molecule has 0 aliphatic carbocycles. The van der Waals surface area contributed by atoms with Crippen LogP contribution in [0.15, 0.2) is 24.3 Å². The lowest BCUT2D eigenvalue weighted by molar-refractivity contribution is -0.317. The highest BCUT2D eigenvalue weighted by molar-refractivity contribution is 5.84. The van der Waals surface area contributed by atoms with E-state index in [2.05, 4.69) is 10.8 Å². The van der Waals surface area contributed by atoms with Gasteiger partial charge in [-0.25, -0.2) is 0 Å². The number of hydrogen-bond donors (Lipinski definition) is 4. The van der Waals surface area contributed by atoms with E-state index in [1.54, 1.807) is 34.6 Å². The van der Waals surface area contributed by atoms with Gasteiger partial charge in [0, 0.05) is 49.4 Å². The fourth-order valence-electron chi connectivity index (χ4n) is 9.80. The van der Waals surface area contributed by atoms with E-state index < -0.39 is 102 Å². The van der Waals surface area contributed by atoms with E-state index in [1.165, 1.54) is 14.0 Å². The lowest BCUT2D eigenvalue weighted by Crippen LogP contribution is -2.61. The molecular formula is C45H69NO13. The fraction of sp³-hybridized carbons (Fsp3) is 0.778. The van der Waals surface area contributed by atoms with Crippen molar-refractivity contribution in [2.24, 2.45) is 23.7 Å². The summed E-state index contributed by atoms with van der Waals surface area (Å²) in [6, 6.07) is 7.31. The Morgan fingerprint density at radius 2 is 1.61 bits per heavy atom. The molecule has 4 heterocycles. The third kappa shape index (κ3) is 9.92. The van der Waals surface area contributed by atoms with Crippen molar-refractivity contribution in [3.8, 4) is 12.3 Å². The Balaban J connectivity index is 1.55. The van der Waals surface area contributed by atoms with E-state index in [0.717, 1.165) is 11.1 Å². The number of benzene rings is 1. The minimum Gasteiger partial charge on any atom is -0.459 e. The summed E-state index contributed by atoms with van der Waals surface area (Å²) in [7, 11) is 3.44. The highest BCUT2D eigenvalue weighted by atomic mass is 16.7. The van der Waals surface area contributed by atoms with Gasteiger partial charge in [-0.15, -0.1) is 6.42 Å². The summed E-state index contributed by atoms with van der Waals surface area (Å²) >= 11 is 0. The summed E-state index contributed by atoms with van der Waals surface area (Å²) in [5, 5.41) is 46.3. The molecule has 0 radical (unpaired) electrons. The van der Waals surface area contributed by atoms with Crippen molar-refractivity contribution < 1.29 is 63.2 Å². The molecule has 4 N–H and O–H groups in total. The van der Waals surface area contributed by atoms with Crippen LogP contribution < -0.4 is 0 Å². The topological polar surface area (TPSA) is 183 Å². The van der Waals surface area contributed by atoms with Gasteiger partial charge in [0.05, 0.1) is 54.2 Å². The zero-order valence-corrected chi connectivity index (χ0v) is 36.7. The number of Topliss-reactive ketones (excluding diaryl/α,β-unsaturated/α-hetero) is 1. The van der Waals surface area contributed by atoms with Crippen LogP contribution in [0.3, 0.4) is 0 Å². The number of ketones is 1. The Bertz CT molecular complexity index is 1630. The molecule has 14 nitrogen and oxygen atoms in total. The fourth-order valence-corrected chi connectivity index (χ4v) is 9.80. The van der Waals surface area contributed by atoms with Crippen LogP contribution in [0.5, 0.6) is 0 Å². The number of rotatable bonds is 9. The number of esters is 1. The third-order valence-corrected chi connectivity index (χ3v) is 13.7. The monoisotopic (exact) mass is 831 g/mol. The number of terminal acetylenes is 1. The number of ether oxygens (including phenoxy) is 7. The molecule has 0 amide bonds. The van der Waals surface area contributed by atoms with E-state index >= 15 is 0 Å². The van der Waals surface area contributed by atoms with Crippen LogP contribution in [0.4, 0.5) is 0 Å². The summed E-state index contributed by atoms with van der Waals surface area (Å²) in [6.07, 6.45) is -3.41. The second-order valence-electron chi connectivity index (χ2n) is 18.3. The average molecular weight is 832 g/mol. The van der Waals surface area contributed by atoms with Gasteiger partial charge in [0.2, 0.25) is 0 Å². The summed E-state index contributed by atoms with van der Waals surface area (Å²) in [5.41, 5.74) is -2.43. The van der Waals surface area contributed by atoms with Gasteiger partial charge in [-0.1, -0.05) is 38.8 Å². The van der Waals surface area contributed by atoms with Crippen molar-refractivity contribution in [2.75, 3.05) is 20.8 Å². The summed E-state index contributed by atoms with van der Waals surface area (Å²) < 4.78 is 44.6. The predicted molar refractivity (Wildman–Crippen MR) is 216 cm³/mol. The Labute approximate surface area is 350 Å². The van der Waals surface area contributed by atoms with Crippen LogP contribution in [-0.2, 0) is 49.3 Å². The maximum atomic E-state index is 14.3. The van der Waals surface area contributed by atoms with Crippen molar-refractivity contribution in [3.63, 3.8) is 0 Å². The van der Waals surface area contributed by atoms with Gasteiger partial charge in [-0.05, 0) is 85.5 Å². The lowest BCUT2D eigenvalue weighted by Gasteiger charge is -2.49. The second kappa shape index (κ2) is 18.8. The van der Waals surface area contributed by atoms with E-state index in [4.69, 9.17) is 39.6 Å². The van der Waals surface area contributed by atoms with Gasteiger partial charge >= 0.3 is 5.97 Å². The molecule has 59 heavy (non-hydrogen) atoms. The summed E-state index contributed by atoms with van der Waals surface area (Å²) in [5.74, 6) is -1.84. The molecule has 1 aromatic rings. The predicted octanol–water partition coefficient (Wildman–Crippen LogP) is 3.36. The van der Waals surface area contributed by atoms with E-state index in [9.17, 15) is 30.0 Å². The zero-order chi connectivity index (χ0) is 43.8. The number of cyclic esters (lactones) is 1. The molecule has 4 fully saturated rings. The van der Waals surface area contributed by atoms with Crippen LogP contribution in [0.2, 0.25) is 0 Å². The van der Waals surface area contributed by atoms with Crippen molar-refractivity contribution in [3.05, 3.63) is 35.4 Å². The molecule has 18 atom stereocenters. The normalized spacial score (nSPS) is 45.1. The summed E-state index contributed by atoms with van der Waals surface area (Å²) in [6.45, 7) is 15.9. The van der Waals surface area contributed by atoms with Crippen molar-refractivity contribution >= 4 is 11.8 Å². The largest absolute Gasteiger partial charge is 0.459 e. The SMILES string of the molecule is C#Cc1ccc(CN(C)C2CC(C)OC(OC3C(C)C(OC4CC(C)(OC)C(O)C(C)O4)C(C)C(=O)OC(CC)C(C)(O)C(O)C(C)C(=O)C4COC3(C)C4)C2O)cc1. The number of fused-ring (bicyclic) bond motifs is 2. The van der Waals surface area contributed by atoms with Crippen LogP contribution >= 0.6 is 0 Å². The number of nitrogens with zero attached hydrogens (tertiary/aromatic N) is 1. The minimum atomic E-state index is -1.97. The number of likely N-dealkylation sites (N-methyl/N-ethyl adjacent to an activating group) is 1. The van der Waals surface area contributed by atoms with Crippen LogP contribution in [0.25, 0.3) is 0 Å². The van der Waals surface area contributed by atoms with Crippen molar-refractivity contribution in [2.45, 2.75) is 179 Å². The van der Waals surface area contributed by atoms with Gasteiger partial charge in [-0.2, -0.15) is 0 Å². The van der Waals surface area contributed by atoms with E-state index in [0.29, 0.717) is 13.0 Å². The standard InChI is InChI=1S/C45H69NO13/c1-13-29-15-17-30(18-16-29)22-46(11)32-19-24(3)55-42(36(32)48)59-40-26(5)37(58-34-21-43(8,53-12)39(50)28(7)56-34)27(6)41(51)57-33(14-2)45(10,52)38(49)25(4)35(47)31-20-44(40,9)54-23-31/h1,15-18,24-28,31-34,36-40,42,48-50,52H,14,19-23H2,2-12H3. The smallest absolute Gasteiger partial charge is 0.311 e. The highest BCUT2D eigenvalue weighted by Gasteiger charge is 2.56. The highest BCUT2D eigenvalue weighted by Crippen LogP contribution is 2.44. The maximum absolute atomic E-state index is 14.3. The average Bonchev–Trinajstić information content (AvgIpc) is 3.61. The molecule has 4 aliphatic rings. The molecule has 14 heteroatoms.